The Bertz CT molecular complexity index is 572. The van der Waals surface area contributed by atoms with Crippen LogP contribution in [-0.4, -0.2) is 31.7 Å². The van der Waals surface area contributed by atoms with E-state index in [0.29, 0.717) is 24.8 Å². The molecule has 0 saturated carbocycles. The molecule has 3 rings (SSSR count). The van der Waals surface area contributed by atoms with Gasteiger partial charge in [0, 0.05) is 13.2 Å². The van der Waals surface area contributed by atoms with Crippen LogP contribution in [0.3, 0.4) is 0 Å². The molecule has 2 aromatic rings. The van der Waals surface area contributed by atoms with Crippen LogP contribution in [0.25, 0.3) is 0 Å². The van der Waals surface area contributed by atoms with E-state index < -0.39 is 5.60 Å². The number of nitrogens with two attached hydrogens (primary N) is 1. The summed E-state index contributed by atoms with van der Waals surface area (Å²) in [5, 5.41) is 11.9. The lowest BCUT2D eigenvalue weighted by molar-refractivity contribution is -0.0770. The highest BCUT2D eigenvalue weighted by atomic mass is 16.5. The van der Waals surface area contributed by atoms with Crippen molar-refractivity contribution in [2.24, 2.45) is 5.73 Å². The maximum atomic E-state index is 5.80. The number of nitrogens with zero attached hydrogens (tertiary/aromatic N) is 5. The summed E-state index contributed by atoms with van der Waals surface area (Å²) in [5.74, 6) is 1.09. The molecule has 8 heteroatoms. The van der Waals surface area contributed by atoms with E-state index in [9.17, 15) is 0 Å². The predicted molar refractivity (Wildman–Crippen MR) is 68.5 cm³/mol. The Balaban J connectivity index is 1.73. The third-order valence-corrected chi connectivity index (χ3v) is 3.50. The topological polar surface area (TPSA) is 105 Å². The number of aromatic nitrogens is 5. The first kappa shape index (κ1) is 13.2. The number of ether oxygens (including phenoxy) is 1. The van der Waals surface area contributed by atoms with Gasteiger partial charge in [-0.2, -0.15) is 4.98 Å². The van der Waals surface area contributed by atoms with Crippen LogP contribution in [0.1, 0.15) is 43.6 Å². The highest BCUT2D eigenvalue weighted by Crippen LogP contribution is 2.32. The molecule has 0 spiro atoms. The van der Waals surface area contributed by atoms with Gasteiger partial charge >= 0.3 is 0 Å². The number of rotatable bonds is 4. The van der Waals surface area contributed by atoms with E-state index in [1.807, 2.05) is 6.92 Å². The molecule has 0 amide bonds. The van der Waals surface area contributed by atoms with Crippen LogP contribution in [-0.2, 0) is 23.4 Å². The van der Waals surface area contributed by atoms with E-state index in [0.717, 1.165) is 31.6 Å². The molecule has 108 valence electrons. The Morgan fingerprint density at radius 2 is 2.35 bits per heavy atom. The predicted octanol–water partition coefficient (Wildman–Crippen LogP) is 0.584. The molecular weight excluding hydrogens is 260 g/mol. The van der Waals surface area contributed by atoms with Gasteiger partial charge in [0.05, 0.1) is 11.9 Å². The van der Waals surface area contributed by atoms with Crippen molar-refractivity contribution in [3.63, 3.8) is 0 Å². The lowest BCUT2D eigenvalue weighted by Gasteiger charge is -2.30. The smallest absolute Gasteiger partial charge is 0.248 e. The second-order valence-electron chi connectivity index (χ2n) is 5.16. The monoisotopic (exact) mass is 278 g/mol. The molecule has 1 aliphatic rings. The average Bonchev–Trinajstić information content (AvgIpc) is 3.09. The summed E-state index contributed by atoms with van der Waals surface area (Å²) in [4.78, 5) is 4.41. The molecular formula is C12H18N6O2. The molecule has 1 fully saturated rings. The molecule has 0 bridgehead atoms. The molecule has 8 nitrogen and oxygen atoms in total. The molecule has 1 unspecified atom stereocenters. The van der Waals surface area contributed by atoms with E-state index in [4.69, 9.17) is 15.0 Å². The molecule has 0 aromatic carbocycles. The fraction of sp³-hybridized carbons (Fsp3) is 0.667. The van der Waals surface area contributed by atoms with Gasteiger partial charge < -0.3 is 15.0 Å². The van der Waals surface area contributed by atoms with Crippen LogP contribution >= 0.6 is 0 Å². The Morgan fingerprint density at radius 3 is 3.05 bits per heavy atom. The van der Waals surface area contributed by atoms with E-state index in [1.54, 1.807) is 10.9 Å². The third-order valence-electron chi connectivity index (χ3n) is 3.50. The van der Waals surface area contributed by atoms with Crippen molar-refractivity contribution in [1.29, 1.82) is 0 Å². The zero-order chi connectivity index (χ0) is 14.0. The van der Waals surface area contributed by atoms with E-state index in [1.165, 1.54) is 0 Å². The third kappa shape index (κ3) is 2.56. The van der Waals surface area contributed by atoms with Crippen molar-refractivity contribution >= 4 is 0 Å². The standard InChI is InChI=1S/C12H18N6O2/c1-12(4-2-3-5-19-12)11-14-10(20-16-11)8-18-7-9(6-13)15-17-18/h7H,2-6,8,13H2,1H3. The summed E-state index contributed by atoms with van der Waals surface area (Å²) in [6.07, 6.45) is 4.87. The average molecular weight is 278 g/mol. The van der Waals surface area contributed by atoms with Gasteiger partial charge in [0.2, 0.25) is 11.7 Å². The largest absolute Gasteiger partial charge is 0.367 e. The summed E-state index contributed by atoms with van der Waals surface area (Å²) in [6, 6.07) is 0. The Hall–Kier alpha value is -1.80. The normalized spacial score (nSPS) is 23.1. The molecule has 3 heterocycles. The molecule has 2 N–H and O–H groups in total. The van der Waals surface area contributed by atoms with Gasteiger partial charge in [-0.05, 0) is 26.2 Å². The van der Waals surface area contributed by atoms with Crippen LogP contribution in [0.5, 0.6) is 0 Å². The van der Waals surface area contributed by atoms with Crippen LogP contribution in [0.4, 0.5) is 0 Å². The lowest BCUT2D eigenvalue weighted by atomic mass is 9.95. The van der Waals surface area contributed by atoms with Gasteiger partial charge in [-0.15, -0.1) is 5.10 Å². The van der Waals surface area contributed by atoms with Crippen molar-refractivity contribution in [2.75, 3.05) is 6.61 Å². The van der Waals surface area contributed by atoms with Gasteiger partial charge in [0.25, 0.3) is 0 Å². The summed E-state index contributed by atoms with van der Waals surface area (Å²) in [5.41, 5.74) is 5.78. The van der Waals surface area contributed by atoms with Crippen molar-refractivity contribution in [2.45, 2.75) is 44.9 Å². The van der Waals surface area contributed by atoms with E-state index in [2.05, 4.69) is 20.5 Å². The summed E-state index contributed by atoms with van der Waals surface area (Å²) >= 11 is 0. The first-order chi connectivity index (χ1) is 9.69. The number of hydrogen-bond acceptors (Lipinski definition) is 7. The quantitative estimate of drug-likeness (QED) is 0.872. The minimum absolute atomic E-state index is 0.362. The fourth-order valence-corrected chi connectivity index (χ4v) is 2.29. The van der Waals surface area contributed by atoms with Gasteiger partial charge in [-0.25, -0.2) is 4.68 Å². The molecule has 20 heavy (non-hydrogen) atoms. The number of hydrogen-bond donors (Lipinski definition) is 1. The van der Waals surface area contributed by atoms with Crippen LogP contribution in [0, 0.1) is 0 Å². The summed E-state index contributed by atoms with van der Waals surface area (Å²) in [7, 11) is 0. The molecule has 1 saturated heterocycles. The van der Waals surface area contributed by atoms with Crippen LogP contribution < -0.4 is 5.73 Å². The van der Waals surface area contributed by atoms with Crippen molar-refractivity contribution in [1.82, 2.24) is 25.1 Å². The molecule has 0 aliphatic carbocycles. The molecule has 0 radical (unpaired) electrons. The van der Waals surface area contributed by atoms with E-state index in [-0.39, 0.29) is 0 Å². The zero-order valence-corrected chi connectivity index (χ0v) is 11.4. The highest BCUT2D eigenvalue weighted by Gasteiger charge is 2.34. The highest BCUT2D eigenvalue weighted by molar-refractivity contribution is 5.01. The Morgan fingerprint density at radius 1 is 1.45 bits per heavy atom. The first-order valence-electron chi connectivity index (χ1n) is 6.76. The molecule has 1 atom stereocenters. The first-order valence-corrected chi connectivity index (χ1v) is 6.76. The second-order valence-corrected chi connectivity index (χ2v) is 5.16. The maximum absolute atomic E-state index is 5.80. The minimum atomic E-state index is -0.440. The Labute approximate surface area is 116 Å². The SMILES string of the molecule is CC1(c2noc(Cn3cc(CN)nn3)n2)CCCCO1. The second kappa shape index (κ2) is 5.29. The fourth-order valence-electron chi connectivity index (χ4n) is 2.29. The molecule has 2 aromatic heterocycles. The van der Waals surface area contributed by atoms with Crippen molar-refractivity contribution in [3.05, 3.63) is 23.6 Å². The maximum Gasteiger partial charge on any atom is 0.248 e. The zero-order valence-electron chi connectivity index (χ0n) is 11.4. The van der Waals surface area contributed by atoms with Gasteiger partial charge in [-0.3, -0.25) is 0 Å². The van der Waals surface area contributed by atoms with Crippen molar-refractivity contribution in [3.8, 4) is 0 Å². The van der Waals surface area contributed by atoms with Crippen LogP contribution in [0.15, 0.2) is 10.7 Å². The van der Waals surface area contributed by atoms with Crippen molar-refractivity contribution < 1.29 is 9.26 Å². The molecule has 1 aliphatic heterocycles. The summed E-state index contributed by atoms with van der Waals surface area (Å²) < 4.78 is 12.7. The van der Waals surface area contributed by atoms with Crippen LogP contribution in [0.2, 0.25) is 0 Å². The van der Waals surface area contributed by atoms with Gasteiger partial charge in [-0.1, -0.05) is 10.4 Å². The lowest BCUT2D eigenvalue weighted by Crippen LogP contribution is -2.31. The van der Waals surface area contributed by atoms with Gasteiger partial charge in [0.1, 0.15) is 12.1 Å². The minimum Gasteiger partial charge on any atom is -0.367 e. The van der Waals surface area contributed by atoms with E-state index >= 15 is 0 Å². The Kier molecular flexibility index (Phi) is 3.49. The summed E-state index contributed by atoms with van der Waals surface area (Å²) in [6.45, 7) is 3.49. The van der Waals surface area contributed by atoms with Gasteiger partial charge in [0.15, 0.2) is 0 Å².